The number of imidazole rings is 1. The van der Waals surface area contributed by atoms with Crippen molar-refractivity contribution in [2.75, 3.05) is 17.6 Å². The van der Waals surface area contributed by atoms with Crippen LogP contribution in [-0.4, -0.2) is 65.8 Å². The van der Waals surface area contributed by atoms with E-state index in [1.54, 1.807) is 0 Å². The maximum Gasteiger partial charge on any atom is 0.230 e. The molecule has 23 heavy (non-hydrogen) atoms. The normalized spacial score (nSPS) is 27.4. The lowest BCUT2D eigenvalue weighted by molar-refractivity contribution is -0.119. The second kappa shape index (κ2) is 6.35. The van der Waals surface area contributed by atoms with Crippen LogP contribution < -0.4 is 11.1 Å². The minimum Gasteiger partial charge on any atom is -0.387 e. The smallest absolute Gasteiger partial charge is 0.230 e. The zero-order valence-electron chi connectivity index (χ0n) is 11.8. The van der Waals surface area contributed by atoms with E-state index in [1.165, 1.54) is 17.2 Å². The van der Waals surface area contributed by atoms with Gasteiger partial charge in [0.15, 0.2) is 17.7 Å². The number of amides is 1. The van der Waals surface area contributed by atoms with Crippen LogP contribution in [0.2, 0.25) is 0 Å². The molecule has 0 aliphatic carbocycles. The van der Waals surface area contributed by atoms with Crippen LogP contribution in [0.3, 0.4) is 0 Å². The fourth-order valence-corrected chi connectivity index (χ4v) is 2.64. The third-order valence-electron chi connectivity index (χ3n) is 3.62. The molecule has 3 rings (SSSR count). The Labute approximate surface area is 138 Å². The van der Waals surface area contributed by atoms with Crippen molar-refractivity contribution >= 4 is 38.8 Å². The Kier molecular flexibility index (Phi) is 4.43. The number of halogens is 1. The van der Waals surface area contributed by atoms with Crippen LogP contribution in [0.4, 0.5) is 5.82 Å². The highest BCUT2D eigenvalue weighted by Crippen LogP contribution is 2.31. The topological polar surface area (TPSA) is 148 Å². The summed E-state index contributed by atoms with van der Waals surface area (Å²) < 4.78 is 7.14. The number of hydrogen-bond donors (Lipinski definition) is 4. The maximum absolute atomic E-state index is 11.3. The summed E-state index contributed by atoms with van der Waals surface area (Å²) in [6, 6.07) is 0. The van der Waals surface area contributed by atoms with Crippen molar-refractivity contribution < 1.29 is 19.7 Å². The molecule has 1 saturated heterocycles. The Bertz CT molecular complexity index is 725. The Morgan fingerprint density at radius 3 is 2.91 bits per heavy atom. The lowest BCUT2D eigenvalue weighted by atomic mass is 10.1. The average molecular weight is 387 g/mol. The Morgan fingerprint density at radius 2 is 2.17 bits per heavy atom. The molecule has 5 N–H and O–H groups in total. The van der Waals surface area contributed by atoms with Crippen LogP contribution in [0, 0.1) is 0 Å². The van der Waals surface area contributed by atoms with Gasteiger partial charge in [0.05, 0.1) is 11.7 Å². The molecule has 1 fully saturated rings. The van der Waals surface area contributed by atoms with E-state index >= 15 is 0 Å². The van der Waals surface area contributed by atoms with Gasteiger partial charge in [0.25, 0.3) is 0 Å². The molecule has 1 aliphatic heterocycles. The SMILES string of the molecule is Nc1ncnc2c1ncn2[C@@H]1O[C@H](CNC(=O)CBr)C(O)C1O. The molecule has 0 radical (unpaired) electrons. The molecule has 2 aromatic rings. The van der Waals surface area contributed by atoms with Crippen molar-refractivity contribution in [2.45, 2.75) is 24.5 Å². The van der Waals surface area contributed by atoms with E-state index in [9.17, 15) is 15.0 Å². The van der Waals surface area contributed by atoms with E-state index in [0.717, 1.165) is 0 Å². The average Bonchev–Trinajstić information content (AvgIpc) is 3.09. The third kappa shape index (κ3) is 2.87. The first-order valence-corrected chi connectivity index (χ1v) is 7.92. The van der Waals surface area contributed by atoms with Crippen LogP contribution >= 0.6 is 15.9 Å². The number of rotatable bonds is 4. The van der Waals surface area contributed by atoms with Gasteiger partial charge in [-0.05, 0) is 0 Å². The molecule has 10 nitrogen and oxygen atoms in total. The second-order valence-corrected chi connectivity index (χ2v) is 5.63. The molecule has 0 saturated carbocycles. The summed E-state index contributed by atoms with van der Waals surface area (Å²) in [5, 5.41) is 23.1. The first-order chi connectivity index (χ1) is 11.0. The summed E-state index contributed by atoms with van der Waals surface area (Å²) >= 11 is 3.03. The molecule has 2 aromatic heterocycles. The van der Waals surface area contributed by atoms with Crippen molar-refractivity contribution in [1.82, 2.24) is 24.8 Å². The fraction of sp³-hybridized carbons (Fsp3) is 0.500. The van der Waals surface area contributed by atoms with Crippen molar-refractivity contribution in [3.05, 3.63) is 12.7 Å². The summed E-state index contributed by atoms with van der Waals surface area (Å²) in [6.07, 6.45) is -1.32. The molecule has 0 bridgehead atoms. The lowest BCUT2D eigenvalue weighted by Crippen LogP contribution is -2.40. The van der Waals surface area contributed by atoms with Gasteiger partial charge in [-0.3, -0.25) is 9.36 Å². The summed E-state index contributed by atoms with van der Waals surface area (Å²) in [4.78, 5) is 23.3. The largest absolute Gasteiger partial charge is 0.387 e. The van der Waals surface area contributed by atoms with Gasteiger partial charge in [-0.25, -0.2) is 15.0 Å². The molecule has 11 heteroatoms. The number of ether oxygens (including phenoxy) is 1. The summed E-state index contributed by atoms with van der Waals surface area (Å²) in [7, 11) is 0. The number of nitrogens with one attached hydrogen (secondary N) is 1. The molecule has 1 amide bonds. The molecule has 0 aromatic carbocycles. The number of nitrogens with zero attached hydrogens (tertiary/aromatic N) is 4. The van der Waals surface area contributed by atoms with Crippen LogP contribution in [0.25, 0.3) is 11.2 Å². The number of hydrogen-bond acceptors (Lipinski definition) is 8. The van der Waals surface area contributed by atoms with E-state index in [2.05, 4.69) is 36.2 Å². The van der Waals surface area contributed by atoms with E-state index in [0.29, 0.717) is 11.2 Å². The molecule has 1 aliphatic rings. The summed E-state index contributed by atoms with van der Waals surface area (Å²) in [6.45, 7) is 0.0723. The Balaban J connectivity index is 1.82. The van der Waals surface area contributed by atoms with Crippen LogP contribution in [0.15, 0.2) is 12.7 Å². The number of alkyl halides is 1. The van der Waals surface area contributed by atoms with Crippen molar-refractivity contribution in [3.63, 3.8) is 0 Å². The van der Waals surface area contributed by atoms with Gasteiger partial charge >= 0.3 is 0 Å². The maximum atomic E-state index is 11.3. The summed E-state index contributed by atoms with van der Waals surface area (Å²) in [5.41, 5.74) is 6.49. The quantitative estimate of drug-likeness (QED) is 0.465. The first kappa shape index (κ1) is 16.1. The van der Waals surface area contributed by atoms with Gasteiger partial charge in [0.1, 0.15) is 30.2 Å². The molecular formula is C12H15BrN6O4. The lowest BCUT2D eigenvalue weighted by Gasteiger charge is -2.16. The van der Waals surface area contributed by atoms with Gasteiger partial charge in [-0.15, -0.1) is 0 Å². The number of aliphatic hydroxyl groups excluding tert-OH is 2. The standard InChI is InChI=1S/C12H15BrN6O4/c13-1-6(20)15-2-5-8(21)9(22)12(23-5)19-4-18-7-10(14)16-3-17-11(7)19/h3-5,8-9,12,21-22H,1-2H2,(H,15,20)(H2,14,16,17)/t5-,8?,9?,12-/m1/s1. The highest BCUT2D eigenvalue weighted by molar-refractivity contribution is 9.09. The van der Waals surface area contributed by atoms with Crippen molar-refractivity contribution in [3.8, 4) is 0 Å². The number of anilines is 1. The Morgan fingerprint density at radius 1 is 1.39 bits per heavy atom. The number of fused-ring (bicyclic) bond motifs is 1. The first-order valence-electron chi connectivity index (χ1n) is 6.80. The number of nitrogens with two attached hydrogens (primary N) is 1. The van der Waals surface area contributed by atoms with Gasteiger partial charge in [0.2, 0.25) is 5.91 Å². The van der Waals surface area contributed by atoms with E-state index in [-0.39, 0.29) is 23.6 Å². The number of carbonyl (C=O) groups is 1. The highest BCUT2D eigenvalue weighted by Gasteiger charge is 2.44. The Hall–Kier alpha value is -1.82. The second-order valence-electron chi connectivity index (χ2n) is 5.07. The third-order valence-corrected chi connectivity index (χ3v) is 4.13. The van der Waals surface area contributed by atoms with Gasteiger partial charge < -0.3 is 26.0 Å². The predicted octanol–water partition coefficient (Wildman–Crippen LogP) is -1.46. The molecule has 3 heterocycles. The monoisotopic (exact) mass is 386 g/mol. The van der Waals surface area contributed by atoms with Crippen molar-refractivity contribution in [1.29, 1.82) is 0 Å². The van der Waals surface area contributed by atoms with Crippen LogP contribution in [0.5, 0.6) is 0 Å². The highest BCUT2D eigenvalue weighted by atomic mass is 79.9. The minimum atomic E-state index is -1.20. The predicted molar refractivity (Wildman–Crippen MR) is 82.5 cm³/mol. The zero-order chi connectivity index (χ0) is 16.6. The van der Waals surface area contributed by atoms with E-state index < -0.39 is 24.5 Å². The zero-order valence-corrected chi connectivity index (χ0v) is 13.4. The van der Waals surface area contributed by atoms with E-state index in [1.807, 2.05) is 0 Å². The molecule has 0 spiro atoms. The molecule has 124 valence electrons. The molecule has 4 atom stereocenters. The van der Waals surface area contributed by atoms with Crippen LogP contribution in [-0.2, 0) is 9.53 Å². The molecular weight excluding hydrogens is 372 g/mol. The minimum absolute atomic E-state index is 0.0723. The number of carbonyl (C=O) groups excluding carboxylic acids is 1. The number of aromatic nitrogens is 4. The van der Waals surface area contributed by atoms with Gasteiger partial charge in [-0.2, -0.15) is 0 Å². The van der Waals surface area contributed by atoms with Crippen molar-refractivity contribution in [2.24, 2.45) is 0 Å². The van der Waals surface area contributed by atoms with Gasteiger partial charge in [-0.1, -0.05) is 15.9 Å². The fourth-order valence-electron chi connectivity index (χ4n) is 2.45. The molecule has 2 unspecified atom stereocenters. The summed E-state index contributed by atoms with van der Waals surface area (Å²) in [5.74, 6) is -0.0322. The van der Waals surface area contributed by atoms with E-state index in [4.69, 9.17) is 10.5 Å². The number of aliphatic hydroxyl groups is 2. The van der Waals surface area contributed by atoms with Crippen LogP contribution in [0.1, 0.15) is 6.23 Å². The number of nitrogen functional groups attached to an aromatic ring is 1. The van der Waals surface area contributed by atoms with Gasteiger partial charge in [0, 0.05) is 6.54 Å².